The Balaban J connectivity index is 1.56. The molecule has 0 aromatic heterocycles. The van der Waals surface area contributed by atoms with Crippen LogP contribution in [0.1, 0.15) is 54.8 Å². The van der Waals surface area contributed by atoms with Gasteiger partial charge in [0.2, 0.25) is 5.78 Å². The van der Waals surface area contributed by atoms with Crippen LogP contribution in [-0.2, 0) is 4.74 Å². The van der Waals surface area contributed by atoms with Crippen LogP contribution in [0.3, 0.4) is 0 Å². The quantitative estimate of drug-likeness (QED) is 0.307. The molecular formula is C26H21NO6. The normalized spacial score (nSPS) is 13.5. The average Bonchev–Trinajstić information content (AvgIpc) is 3.11. The van der Waals surface area contributed by atoms with Gasteiger partial charge >= 0.3 is 5.97 Å². The molecule has 7 heteroatoms. The molecule has 0 spiro atoms. The predicted molar refractivity (Wildman–Crippen MR) is 121 cm³/mol. The van der Waals surface area contributed by atoms with Gasteiger partial charge in [0, 0.05) is 5.56 Å². The highest BCUT2D eigenvalue weighted by atomic mass is 16.5. The molecule has 0 N–H and O–H groups in total. The minimum atomic E-state index is -0.957. The van der Waals surface area contributed by atoms with Gasteiger partial charge in [-0.2, -0.15) is 0 Å². The first-order chi connectivity index (χ1) is 15.9. The van der Waals surface area contributed by atoms with E-state index >= 15 is 0 Å². The van der Waals surface area contributed by atoms with Crippen LogP contribution in [0.2, 0.25) is 0 Å². The number of Topliss-reactive ketones (excluding diaryl/α,β-unsaturated/α-hetero) is 1. The van der Waals surface area contributed by atoms with Gasteiger partial charge in [-0.15, -0.1) is 0 Å². The number of hydrogen-bond acceptors (Lipinski definition) is 6. The summed E-state index contributed by atoms with van der Waals surface area (Å²) in [6.45, 7) is 1.75. The van der Waals surface area contributed by atoms with E-state index in [0.717, 1.165) is 4.90 Å². The van der Waals surface area contributed by atoms with Crippen LogP contribution >= 0.6 is 0 Å². The maximum absolute atomic E-state index is 13.0. The molecule has 1 aliphatic rings. The largest absolute Gasteiger partial charge is 0.497 e. The molecule has 33 heavy (non-hydrogen) atoms. The molecule has 4 rings (SSSR count). The highest BCUT2D eigenvalue weighted by Crippen LogP contribution is 2.30. The number of methoxy groups -OCH3 is 1. The molecule has 0 bridgehead atoms. The Bertz CT molecular complexity index is 1230. The maximum Gasteiger partial charge on any atom is 0.338 e. The average molecular weight is 443 g/mol. The van der Waals surface area contributed by atoms with Gasteiger partial charge < -0.3 is 9.47 Å². The lowest BCUT2D eigenvalue weighted by Gasteiger charge is -2.15. The Morgan fingerprint density at radius 1 is 0.848 bits per heavy atom. The number of carbonyl (C=O) groups is 4. The Kier molecular flexibility index (Phi) is 6.04. The van der Waals surface area contributed by atoms with Crippen LogP contribution in [-0.4, -0.2) is 36.8 Å². The maximum atomic E-state index is 13.0. The first-order valence-corrected chi connectivity index (χ1v) is 10.4. The standard InChI is InChI=1S/C26H21NO6/c1-3-22(23(28)16-7-5-4-6-8-16)33-26(31)17-9-14-20-21(15-17)25(30)27(24(20)29)18-10-12-19(32-2)13-11-18/h4-15,22H,3H2,1-2H3/t22-/m1/s1. The Labute approximate surface area is 190 Å². The van der Waals surface area contributed by atoms with Crippen LogP contribution in [0.15, 0.2) is 72.8 Å². The summed E-state index contributed by atoms with van der Waals surface area (Å²) in [4.78, 5) is 52.3. The van der Waals surface area contributed by atoms with Gasteiger partial charge in [-0.25, -0.2) is 9.69 Å². The number of ketones is 1. The second-order valence-electron chi connectivity index (χ2n) is 7.44. The van der Waals surface area contributed by atoms with E-state index in [1.165, 1.54) is 25.3 Å². The van der Waals surface area contributed by atoms with Gasteiger partial charge in [0.15, 0.2) is 6.10 Å². The van der Waals surface area contributed by atoms with Gasteiger partial charge in [0.1, 0.15) is 5.75 Å². The van der Waals surface area contributed by atoms with Gasteiger partial charge in [0.05, 0.1) is 29.5 Å². The number of rotatable bonds is 7. The zero-order chi connectivity index (χ0) is 23.5. The van der Waals surface area contributed by atoms with Gasteiger partial charge in [-0.05, 0) is 48.9 Å². The van der Waals surface area contributed by atoms with Crippen LogP contribution in [0.5, 0.6) is 5.75 Å². The fourth-order valence-corrected chi connectivity index (χ4v) is 3.64. The zero-order valence-corrected chi connectivity index (χ0v) is 18.1. The van der Waals surface area contributed by atoms with Crippen molar-refractivity contribution in [1.82, 2.24) is 0 Å². The highest BCUT2D eigenvalue weighted by Gasteiger charge is 2.37. The van der Waals surface area contributed by atoms with Gasteiger partial charge in [-0.1, -0.05) is 37.3 Å². The summed E-state index contributed by atoms with van der Waals surface area (Å²) in [5, 5.41) is 0. The molecule has 7 nitrogen and oxygen atoms in total. The third-order valence-electron chi connectivity index (χ3n) is 5.42. The van der Waals surface area contributed by atoms with Crippen molar-refractivity contribution in [3.63, 3.8) is 0 Å². The van der Waals surface area contributed by atoms with Gasteiger partial charge in [0.25, 0.3) is 11.8 Å². The lowest BCUT2D eigenvalue weighted by atomic mass is 10.0. The second-order valence-corrected chi connectivity index (χ2v) is 7.44. The number of ether oxygens (including phenoxy) is 2. The summed E-state index contributed by atoms with van der Waals surface area (Å²) < 4.78 is 10.6. The highest BCUT2D eigenvalue weighted by molar-refractivity contribution is 6.34. The fraction of sp³-hybridized carbons (Fsp3) is 0.154. The van der Waals surface area contributed by atoms with Crippen molar-refractivity contribution >= 4 is 29.3 Å². The molecule has 166 valence electrons. The Morgan fingerprint density at radius 3 is 2.15 bits per heavy atom. The Hall–Kier alpha value is -4.26. The Morgan fingerprint density at radius 2 is 1.52 bits per heavy atom. The molecule has 1 aliphatic heterocycles. The van der Waals surface area contributed by atoms with E-state index in [-0.39, 0.29) is 22.5 Å². The van der Waals surface area contributed by atoms with Crippen LogP contribution in [0, 0.1) is 0 Å². The molecule has 0 unspecified atom stereocenters. The molecule has 1 heterocycles. The summed E-state index contributed by atoms with van der Waals surface area (Å²) >= 11 is 0. The summed E-state index contributed by atoms with van der Waals surface area (Å²) in [6, 6.07) is 19.3. The second kappa shape index (κ2) is 9.08. The number of imide groups is 1. The number of carbonyl (C=O) groups excluding carboxylic acids is 4. The summed E-state index contributed by atoms with van der Waals surface area (Å²) in [7, 11) is 1.52. The zero-order valence-electron chi connectivity index (χ0n) is 18.1. The van der Waals surface area contributed by atoms with Crippen molar-refractivity contribution in [3.05, 3.63) is 95.1 Å². The molecule has 0 saturated carbocycles. The molecule has 0 fully saturated rings. The van der Waals surface area contributed by atoms with Crippen LogP contribution in [0.4, 0.5) is 5.69 Å². The topological polar surface area (TPSA) is 90.0 Å². The molecular weight excluding hydrogens is 422 g/mol. The fourth-order valence-electron chi connectivity index (χ4n) is 3.64. The minimum Gasteiger partial charge on any atom is -0.497 e. The monoisotopic (exact) mass is 443 g/mol. The number of anilines is 1. The van der Waals surface area contributed by atoms with Crippen molar-refractivity contribution < 1.29 is 28.7 Å². The van der Waals surface area contributed by atoms with E-state index in [2.05, 4.69) is 0 Å². The molecule has 0 aliphatic carbocycles. The van der Waals surface area contributed by atoms with Crippen molar-refractivity contribution in [2.24, 2.45) is 0 Å². The first kappa shape index (κ1) is 22.0. The number of amides is 2. The van der Waals surface area contributed by atoms with Crippen molar-refractivity contribution in [2.75, 3.05) is 12.0 Å². The minimum absolute atomic E-state index is 0.0887. The number of nitrogens with zero attached hydrogens (tertiary/aromatic N) is 1. The lowest BCUT2D eigenvalue weighted by Crippen LogP contribution is -2.29. The molecule has 0 radical (unpaired) electrons. The summed E-state index contributed by atoms with van der Waals surface area (Å²) in [5.74, 6) is -1.47. The lowest BCUT2D eigenvalue weighted by molar-refractivity contribution is 0.0277. The molecule has 0 saturated heterocycles. The molecule has 3 aromatic rings. The number of hydrogen-bond donors (Lipinski definition) is 0. The van der Waals surface area contributed by atoms with Gasteiger partial charge in [-0.3, -0.25) is 14.4 Å². The molecule has 3 aromatic carbocycles. The number of fused-ring (bicyclic) bond motifs is 1. The van der Waals surface area contributed by atoms with E-state index in [1.54, 1.807) is 61.5 Å². The van der Waals surface area contributed by atoms with E-state index in [1.807, 2.05) is 0 Å². The number of benzene rings is 3. The van der Waals surface area contributed by atoms with E-state index in [0.29, 0.717) is 23.4 Å². The SMILES string of the molecule is CC[C@@H](OC(=O)c1ccc2c(c1)C(=O)N(c1ccc(OC)cc1)C2=O)C(=O)c1ccccc1. The van der Waals surface area contributed by atoms with Crippen LogP contribution in [0.25, 0.3) is 0 Å². The first-order valence-electron chi connectivity index (χ1n) is 10.4. The van der Waals surface area contributed by atoms with Crippen LogP contribution < -0.4 is 9.64 Å². The van der Waals surface area contributed by atoms with E-state index < -0.39 is 23.9 Å². The van der Waals surface area contributed by atoms with Crippen molar-refractivity contribution in [3.8, 4) is 5.75 Å². The third kappa shape index (κ3) is 4.13. The van der Waals surface area contributed by atoms with Crippen molar-refractivity contribution in [2.45, 2.75) is 19.4 Å². The predicted octanol–water partition coefficient (Wildman–Crippen LogP) is 4.31. The summed E-state index contributed by atoms with van der Waals surface area (Å²) in [6.07, 6.45) is -0.658. The number of esters is 1. The summed E-state index contributed by atoms with van der Waals surface area (Å²) in [5.41, 5.74) is 1.23. The van der Waals surface area contributed by atoms with Crippen molar-refractivity contribution in [1.29, 1.82) is 0 Å². The third-order valence-corrected chi connectivity index (χ3v) is 5.42. The van der Waals surface area contributed by atoms with E-state index in [4.69, 9.17) is 9.47 Å². The molecule has 1 atom stereocenters. The van der Waals surface area contributed by atoms with E-state index in [9.17, 15) is 19.2 Å². The smallest absolute Gasteiger partial charge is 0.338 e. The molecule has 2 amide bonds.